The molecule has 1 aromatic carbocycles. The lowest BCUT2D eigenvalue weighted by molar-refractivity contribution is 0.0897. The summed E-state index contributed by atoms with van der Waals surface area (Å²) in [6.07, 6.45) is 1.94. The number of hydrogen-bond acceptors (Lipinski definition) is 7. The zero-order chi connectivity index (χ0) is 16.2. The Balaban J connectivity index is 1.42. The third-order valence-electron chi connectivity index (χ3n) is 4.42. The van der Waals surface area contributed by atoms with Crippen LogP contribution in [0.3, 0.4) is 0 Å². The monoisotopic (exact) mass is 330 g/mol. The van der Waals surface area contributed by atoms with Gasteiger partial charge in [0.15, 0.2) is 0 Å². The van der Waals surface area contributed by atoms with Crippen molar-refractivity contribution >= 4 is 11.7 Å². The molecule has 4 rings (SSSR count). The molecule has 24 heavy (non-hydrogen) atoms. The minimum absolute atomic E-state index is 0.0475. The molecule has 7 nitrogen and oxygen atoms in total. The van der Waals surface area contributed by atoms with E-state index in [0.717, 1.165) is 45.8 Å². The standard InChI is InChI=1S/C17H22N4O3/c1-2-5-14(21-7-10-22-11-8-21)13(4-1)12-18-17-20-19-16(24-17)15-6-3-9-23-15/h1-2,4-5,15H,3,6-12H2,(H,18,20). The zero-order valence-electron chi connectivity index (χ0n) is 13.6. The van der Waals surface area contributed by atoms with Crippen molar-refractivity contribution in [3.8, 4) is 0 Å². The molecule has 2 aromatic rings. The first-order valence-corrected chi connectivity index (χ1v) is 8.49. The summed E-state index contributed by atoms with van der Waals surface area (Å²) >= 11 is 0. The Morgan fingerprint density at radius 2 is 2.00 bits per heavy atom. The second-order valence-electron chi connectivity index (χ2n) is 6.03. The second kappa shape index (κ2) is 7.19. The Labute approximate surface area is 141 Å². The van der Waals surface area contributed by atoms with Crippen molar-refractivity contribution in [3.05, 3.63) is 35.7 Å². The molecule has 1 N–H and O–H groups in total. The van der Waals surface area contributed by atoms with E-state index >= 15 is 0 Å². The van der Waals surface area contributed by atoms with Crippen LogP contribution in [0.15, 0.2) is 28.7 Å². The fourth-order valence-corrected chi connectivity index (χ4v) is 3.15. The van der Waals surface area contributed by atoms with Crippen LogP contribution in [0.5, 0.6) is 0 Å². The van der Waals surface area contributed by atoms with Crippen molar-refractivity contribution in [1.82, 2.24) is 10.2 Å². The maximum atomic E-state index is 5.68. The predicted octanol–water partition coefficient (Wildman–Crippen LogP) is 2.37. The molecule has 3 heterocycles. The average Bonchev–Trinajstić information content (AvgIpc) is 3.32. The first-order valence-electron chi connectivity index (χ1n) is 8.49. The van der Waals surface area contributed by atoms with E-state index in [4.69, 9.17) is 13.9 Å². The molecule has 128 valence electrons. The van der Waals surface area contributed by atoms with Gasteiger partial charge >= 0.3 is 6.01 Å². The summed E-state index contributed by atoms with van der Waals surface area (Å²) in [5.41, 5.74) is 2.43. The highest BCUT2D eigenvalue weighted by Gasteiger charge is 2.23. The summed E-state index contributed by atoms with van der Waals surface area (Å²) in [5, 5.41) is 11.4. The van der Waals surface area contributed by atoms with Gasteiger partial charge in [0.1, 0.15) is 6.10 Å². The molecule has 0 bridgehead atoms. The van der Waals surface area contributed by atoms with Gasteiger partial charge in [-0.2, -0.15) is 0 Å². The molecule has 2 saturated heterocycles. The van der Waals surface area contributed by atoms with Crippen molar-refractivity contribution in [2.24, 2.45) is 0 Å². The topological polar surface area (TPSA) is 72.7 Å². The van der Waals surface area contributed by atoms with Gasteiger partial charge < -0.3 is 24.1 Å². The van der Waals surface area contributed by atoms with Crippen molar-refractivity contribution in [1.29, 1.82) is 0 Å². The minimum atomic E-state index is -0.0475. The molecule has 0 radical (unpaired) electrons. The van der Waals surface area contributed by atoms with Gasteiger partial charge in [-0.25, -0.2) is 0 Å². The molecule has 1 atom stereocenters. The number of anilines is 2. The molecule has 2 aliphatic heterocycles. The van der Waals surface area contributed by atoms with Gasteiger partial charge in [-0.1, -0.05) is 23.3 Å². The summed E-state index contributed by atoms with van der Waals surface area (Å²) in [7, 11) is 0. The summed E-state index contributed by atoms with van der Waals surface area (Å²) in [6.45, 7) is 4.79. The van der Waals surface area contributed by atoms with Crippen LogP contribution in [0.4, 0.5) is 11.7 Å². The molecular weight excluding hydrogens is 308 g/mol. The number of morpholine rings is 1. The van der Waals surface area contributed by atoms with Crippen LogP contribution < -0.4 is 10.2 Å². The fourth-order valence-electron chi connectivity index (χ4n) is 3.15. The van der Waals surface area contributed by atoms with E-state index in [2.05, 4.69) is 38.6 Å². The Morgan fingerprint density at radius 1 is 1.12 bits per heavy atom. The van der Waals surface area contributed by atoms with Gasteiger partial charge in [0.05, 0.1) is 13.2 Å². The number of nitrogens with zero attached hydrogens (tertiary/aromatic N) is 3. The van der Waals surface area contributed by atoms with Gasteiger partial charge in [-0.3, -0.25) is 0 Å². The predicted molar refractivity (Wildman–Crippen MR) is 89.0 cm³/mol. The van der Waals surface area contributed by atoms with E-state index in [-0.39, 0.29) is 6.10 Å². The smallest absolute Gasteiger partial charge is 0.315 e. The normalized spacial score (nSPS) is 21.2. The minimum Gasteiger partial charge on any atom is -0.405 e. The molecule has 0 saturated carbocycles. The molecule has 0 aliphatic carbocycles. The van der Waals surface area contributed by atoms with Crippen LogP contribution in [0.2, 0.25) is 0 Å². The number of aromatic nitrogens is 2. The molecule has 7 heteroatoms. The Bertz CT molecular complexity index is 663. The van der Waals surface area contributed by atoms with E-state index in [1.807, 2.05) is 6.07 Å². The van der Waals surface area contributed by atoms with Gasteiger partial charge in [-0.05, 0) is 24.5 Å². The van der Waals surface area contributed by atoms with E-state index in [1.165, 1.54) is 11.3 Å². The Morgan fingerprint density at radius 3 is 2.83 bits per heavy atom. The molecule has 2 aliphatic rings. The lowest BCUT2D eigenvalue weighted by Crippen LogP contribution is -2.36. The molecule has 1 unspecified atom stereocenters. The van der Waals surface area contributed by atoms with Crippen molar-refractivity contribution in [2.75, 3.05) is 43.1 Å². The third-order valence-corrected chi connectivity index (χ3v) is 4.42. The van der Waals surface area contributed by atoms with Gasteiger partial charge in [0.25, 0.3) is 0 Å². The first-order chi connectivity index (χ1) is 11.9. The maximum absolute atomic E-state index is 5.68. The Kier molecular flexibility index (Phi) is 4.62. The highest BCUT2D eigenvalue weighted by Crippen LogP contribution is 2.28. The summed E-state index contributed by atoms with van der Waals surface area (Å²) in [5.74, 6) is 0.566. The maximum Gasteiger partial charge on any atom is 0.315 e. The van der Waals surface area contributed by atoms with Crippen LogP contribution in [-0.2, 0) is 16.0 Å². The highest BCUT2D eigenvalue weighted by molar-refractivity contribution is 5.54. The van der Waals surface area contributed by atoms with Gasteiger partial charge in [-0.15, -0.1) is 5.10 Å². The van der Waals surface area contributed by atoms with E-state index in [9.17, 15) is 0 Å². The van der Waals surface area contributed by atoms with Crippen LogP contribution in [-0.4, -0.2) is 43.1 Å². The van der Waals surface area contributed by atoms with E-state index in [0.29, 0.717) is 18.5 Å². The van der Waals surface area contributed by atoms with Crippen molar-refractivity contribution < 1.29 is 13.9 Å². The number of benzene rings is 1. The quantitative estimate of drug-likeness (QED) is 0.902. The van der Waals surface area contributed by atoms with Gasteiger partial charge in [0, 0.05) is 31.9 Å². The second-order valence-corrected chi connectivity index (χ2v) is 6.03. The summed E-state index contributed by atoms with van der Waals surface area (Å²) < 4.78 is 16.7. The lowest BCUT2D eigenvalue weighted by Gasteiger charge is -2.30. The third kappa shape index (κ3) is 3.37. The number of rotatable bonds is 5. The van der Waals surface area contributed by atoms with Gasteiger partial charge in [0.2, 0.25) is 5.89 Å². The summed E-state index contributed by atoms with van der Waals surface area (Å²) in [4.78, 5) is 2.35. The average molecular weight is 330 g/mol. The van der Waals surface area contributed by atoms with Crippen LogP contribution in [0, 0.1) is 0 Å². The fraction of sp³-hybridized carbons (Fsp3) is 0.529. The number of ether oxygens (including phenoxy) is 2. The molecular formula is C17H22N4O3. The largest absolute Gasteiger partial charge is 0.405 e. The highest BCUT2D eigenvalue weighted by atomic mass is 16.5. The molecule has 1 aromatic heterocycles. The number of para-hydroxylation sites is 1. The first kappa shape index (κ1) is 15.4. The van der Waals surface area contributed by atoms with Crippen molar-refractivity contribution in [2.45, 2.75) is 25.5 Å². The van der Waals surface area contributed by atoms with E-state index in [1.54, 1.807) is 0 Å². The van der Waals surface area contributed by atoms with Crippen molar-refractivity contribution in [3.63, 3.8) is 0 Å². The molecule has 2 fully saturated rings. The molecule has 0 spiro atoms. The number of hydrogen-bond donors (Lipinski definition) is 1. The summed E-state index contributed by atoms with van der Waals surface area (Å²) in [6, 6.07) is 8.82. The zero-order valence-corrected chi connectivity index (χ0v) is 13.6. The SMILES string of the molecule is c1ccc(N2CCOCC2)c(CNc2nnc(C3CCCO3)o2)c1. The van der Waals surface area contributed by atoms with E-state index < -0.39 is 0 Å². The number of nitrogens with one attached hydrogen (secondary N) is 1. The van der Waals surface area contributed by atoms with Crippen LogP contribution >= 0.6 is 0 Å². The van der Waals surface area contributed by atoms with Crippen LogP contribution in [0.1, 0.15) is 30.4 Å². The lowest BCUT2D eigenvalue weighted by atomic mass is 10.1. The Hall–Kier alpha value is -2.12. The van der Waals surface area contributed by atoms with Crippen LogP contribution in [0.25, 0.3) is 0 Å². The molecule has 0 amide bonds.